The maximum Gasteiger partial charge on any atom is 0.242 e. The van der Waals surface area contributed by atoms with Gasteiger partial charge in [-0.2, -0.15) is 0 Å². The number of Topliss-reactive ketones (excluding diaryl/α,β-unsaturated/α-hetero) is 1. The Morgan fingerprint density at radius 2 is 1.76 bits per heavy atom. The number of rotatable bonds is 20. The van der Waals surface area contributed by atoms with Crippen LogP contribution < -0.4 is 4.74 Å². The molecule has 0 radical (unpaired) electrons. The molecule has 0 saturated heterocycles. The SMILES string of the molecule is CN(CCCCCC(=O)[C@@H](O)[C@@H](O)[C@H](O)[C@@H](O)CO)S(=O)(=O)c1ccc(Cl)c(COC2(c3cnccc3-c3ccccc3OC3CC3)CC2)c1. The average Bonchev–Trinajstić information content (AvgIpc) is 4.07. The molecule has 272 valence electrons. The first-order chi connectivity index (χ1) is 23.9. The van der Waals surface area contributed by atoms with Gasteiger partial charge in [0.15, 0.2) is 5.78 Å². The number of ketones is 1. The Hall–Kier alpha value is -2.98. The third kappa shape index (κ3) is 9.08. The Morgan fingerprint density at radius 1 is 1.02 bits per heavy atom. The lowest BCUT2D eigenvalue weighted by Crippen LogP contribution is -2.48. The molecular formula is C36H45ClN2O10S. The molecule has 50 heavy (non-hydrogen) atoms. The number of benzene rings is 2. The average molecular weight is 733 g/mol. The van der Waals surface area contributed by atoms with Crippen molar-refractivity contribution in [3.63, 3.8) is 0 Å². The van der Waals surface area contributed by atoms with Crippen LogP contribution in [0.25, 0.3) is 11.1 Å². The van der Waals surface area contributed by atoms with E-state index in [2.05, 4.69) is 4.98 Å². The molecule has 2 saturated carbocycles. The number of carbonyl (C=O) groups excluding carboxylic acids is 1. The van der Waals surface area contributed by atoms with E-state index in [9.17, 15) is 33.6 Å². The number of aliphatic hydroxyl groups excluding tert-OH is 5. The number of sulfonamides is 1. The van der Waals surface area contributed by atoms with E-state index in [0.29, 0.717) is 29.8 Å². The zero-order valence-electron chi connectivity index (χ0n) is 27.9. The summed E-state index contributed by atoms with van der Waals surface area (Å²) in [5.41, 5.74) is 2.83. The van der Waals surface area contributed by atoms with Crippen molar-refractivity contribution in [3.05, 3.63) is 77.1 Å². The second-order valence-corrected chi connectivity index (χ2v) is 15.5. The highest BCUT2D eigenvalue weighted by molar-refractivity contribution is 7.89. The number of hydrogen-bond acceptors (Lipinski definition) is 11. The van der Waals surface area contributed by atoms with Gasteiger partial charge in [0.1, 0.15) is 30.2 Å². The third-order valence-corrected chi connectivity index (χ3v) is 11.4. The molecule has 14 heteroatoms. The number of unbranched alkanes of at least 4 members (excludes halogenated alkanes) is 2. The van der Waals surface area contributed by atoms with Crippen molar-refractivity contribution in [2.75, 3.05) is 20.2 Å². The van der Waals surface area contributed by atoms with E-state index in [4.69, 9.17) is 26.2 Å². The van der Waals surface area contributed by atoms with Crippen LogP contribution >= 0.6 is 11.6 Å². The molecule has 12 nitrogen and oxygen atoms in total. The van der Waals surface area contributed by atoms with Crippen LogP contribution in [0.1, 0.15) is 62.5 Å². The summed E-state index contributed by atoms with van der Waals surface area (Å²) in [4.78, 5) is 16.7. The van der Waals surface area contributed by atoms with Gasteiger partial charge in [-0.3, -0.25) is 9.78 Å². The molecule has 2 aliphatic carbocycles. The van der Waals surface area contributed by atoms with Gasteiger partial charge >= 0.3 is 0 Å². The van der Waals surface area contributed by atoms with Crippen LogP contribution in [0.2, 0.25) is 5.02 Å². The summed E-state index contributed by atoms with van der Waals surface area (Å²) in [7, 11) is -2.42. The van der Waals surface area contributed by atoms with E-state index < -0.39 is 52.4 Å². The van der Waals surface area contributed by atoms with E-state index in [1.54, 1.807) is 12.3 Å². The first kappa shape index (κ1) is 38.3. The zero-order valence-corrected chi connectivity index (χ0v) is 29.5. The Balaban J connectivity index is 1.17. The van der Waals surface area contributed by atoms with Crippen LogP contribution in [-0.2, 0) is 31.8 Å². The summed E-state index contributed by atoms with van der Waals surface area (Å²) in [6, 6.07) is 14.4. The summed E-state index contributed by atoms with van der Waals surface area (Å²) in [6.07, 6.45) is 1.03. The van der Waals surface area contributed by atoms with Gasteiger partial charge in [-0.1, -0.05) is 36.2 Å². The van der Waals surface area contributed by atoms with E-state index in [0.717, 1.165) is 48.1 Å². The number of ether oxygens (including phenoxy) is 2. The minimum absolute atomic E-state index is 0.0666. The van der Waals surface area contributed by atoms with E-state index >= 15 is 0 Å². The number of pyridine rings is 1. The molecule has 2 aromatic carbocycles. The quantitative estimate of drug-likeness (QED) is 0.107. The number of nitrogens with zero attached hydrogens (tertiary/aromatic N) is 2. The lowest BCUT2D eigenvalue weighted by Gasteiger charge is -2.24. The normalized spacial score (nSPS) is 18.0. The second-order valence-electron chi connectivity index (χ2n) is 13.1. The molecule has 0 bridgehead atoms. The highest BCUT2D eigenvalue weighted by Gasteiger charge is 2.48. The second kappa shape index (κ2) is 16.6. The number of carbonyl (C=O) groups is 1. The molecule has 2 fully saturated rings. The first-order valence-electron chi connectivity index (χ1n) is 16.8. The third-order valence-electron chi connectivity index (χ3n) is 9.22. The van der Waals surface area contributed by atoms with Gasteiger partial charge in [0.2, 0.25) is 10.0 Å². The summed E-state index contributed by atoms with van der Waals surface area (Å²) in [5.74, 6) is 0.0849. The molecule has 5 rings (SSSR count). The van der Waals surface area contributed by atoms with Crippen LogP contribution in [0.5, 0.6) is 5.75 Å². The number of para-hydroxylation sites is 1. The lowest BCUT2D eigenvalue weighted by molar-refractivity contribution is -0.147. The zero-order chi connectivity index (χ0) is 36.1. The topological polar surface area (TPSA) is 187 Å². The Kier molecular flexibility index (Phi) is 12.7. The van der Waals surface area contributed by atoms with Crippen molar-refractivity contribution >= 4 is 27.4 Å². The van der Waals surface area contributed by atoms with Gasteiger partial charge in [0, 0.05) is 48.6 Å². The fourth-order valence-corrected chi connectivity index (χ4v) is 7.20. The van der Waals surface area contributed by atoms with E-state index in [-0.39, 0.29) is 30.6 Å². The molecule has 1 aromatic heterocycles. The highest BCUT2D eigenvalue weighted by atomic mass is 35.5. The van der Waals surface area contributed by atoms with Crippen LogP contribution in [-0.4, -0.2) is 99.7 Å². The fourth-order valence-electron chi connectivity index (χ4n) is 5.76. The molecular weight excluding hydrogens is 688 g/mol. The standard InChI is InChI=1S/C36H45ClN2O10S/c1-39(18-6-2-3-8-30(41)33(43)35(45)34(44)31(42)21-40)50(46,47)25-12-13-29(37)23(19-25)22-48-36(15-16-36)28-20-38-17-14-26(28)27-7-4-5-9-32(27)49-24-10-11-24/h4-5,7,9,12-14,17,19-20,24,31,33-35,40,42-45H,2-3,6,8,10-11,15-16,18,21-22H2,1H3/t31-,33+,34+,35+/m0/s1. The molecule has 0 spiro atoms. The Morgan fingerprint density at radius 3 is 2.46 bits per heavy atom. The first-order valence-corrected chi connectivity index (χ1v) is 18.6. The van der Waals surface area contributed by atoms with Gasteiger partial charge in [0.05, 0.1) is 29.8 Å². The van der Waals surface area contributed by atoms with Gasteiger partial charge in [-0.15, -0.1) is 0 Å². The molecule has 0 amide bonds. The fraction of sp³-hybridized carbons (Fsp3) is 0.500. The van der Waals surface area contributed by atoms with Crippen molar-refractivity contribution in [1.82, 2.24) is 9.29 Å². The van der Waals surface area contributed by atoms with Crippen molar-refractivity contribution in [3.8, 4) is 16.9 Å². The minimum Gasteiger partial charge on any atom is -0.490 e. The smallest absolute Gasteiger partial charge is 0.242 e. The predicted octanol–water partition coefficient (Wildman–Crippen LogP) is 3.34. The van der Waals surface area contributed by atoms with Gasteiger partial charge in [-0.05, 0) is 80.0 Å². The Labute approximate surface area is 297 Å². The van der Waals surface area contributed by atoms with Gasteiger partial charge in [-0.25, -0.2) is 12.7 Å². The molecule has 0 unspecified atom stereocenters. The number of halogens is 1. The van der Waals surface area contributed by atoms with Crippen molar-refractivity contribution in [2.45, 2.75) is 99.0 Å². The lowest BCUT2D eigenvalue weighted by atomic mass is 9.96. The molecule has 0 aliphatic heterocycles. The van der Waals surface area contributed by atoms with Gasteiger partial charge in [0.25, 0.3) is 0 Å². The summed E-state index contributed by atoms with van der Waals surface area (Å²) >= 11 is 6.53. The van der Waals surface area contributed by atoms with Crippen molar-refractivity contribution in [1.29, 1.82) is 0 Å². The van der Waals surface area contributed by atoms with Crippen LogP contribution in [0.4, 0.5) is 0 Å². The van der Waals surface area contributed by atoms with E-state index in [1.165, 1.54) is 23.5 Å². The minimum atomic E-state index is -3.89. The molecule has 2 aliphatic rings. The molecule has 1 heterocycles. The molecule has 3 aromatic rings. The van der Waals surface area contributed by atoms with Crippen LogP contribution in [0.3, 0.4) is 0 Å². The largest absolute Gasteiger partial charge is 0.490 e. The number of aromatic nitrogens is 1. The monoisotopic (exact) mass is 732 g/mol. The maximum absolute atomic E-state index is 13.5. The van der Waals surface area contributed by atoms with Crippen LogP contribution in [0.15, 0.2) is 65.8 Å². The maximum atomic E-state index is 13.5. The van der Waals surface area contributed by atoms with E-state index in [1.807, 2.05) is 36.5 Å². The number of hydrogen-bond donors (Lipinski definition) is 5. The molecule has 5 N–H and O–H groups in total. The highest BCUT2D eigenvalue weighted by Crippen LogP contribution is 2.53. The van der Waals surface area contributed by atoms with Crippen molar-refractivity contribution in [2.24, 2.45) is 0 Å². The summed E-state index contributed by atoms with van der Waals surface area (Å²) in [5, 5.41) is 48.3. The summed E-state index contributed by atoms with van der Waals surface area (Å²) < 4.78 is 40.9. The van der Waals surface area contributed by atoms with Crippen molar-refractivity contribution < 1.29 is 48.2 Å². The summed E-state index contributed by atoms with van der Waals surface area (Å²) in [6.45, 7) is -0.595. The Bertz CT molecular complexity index is 1730. The number of aliphatic hydroxyl groups is 5. The predicted molar refractivity (Wildman–Crippen MR) is 185 cm³/mol. The molecule has 4 atom stereocenters. The van der Waals surface area contributed by atoms with Crippen LogP contribution in [0, 0.1) is 0 Å². The van der Waals surface area contributed by atoms with Gasteiger partial charge < -0.3 is 35.0 Å².